The van der Waals surface area contributed by atoms with Crippen molar-refractivity contribution in [1.29, 1.82) is 0 Å². The minimum absolute atomic E-state index is 0.102. The first-order chi connectivity index (χ1) is 18.0. The number of fused-ring (bicyclic) bond motifs is 1. The summed E-state index contributed by atoms with van der Waals surface area (Å²) in [5, 5.41) is 17.1. The van der Waals surface area contributed by atoms with Crippen LogP contribution in [0.5, 0.6) is 5.75 Å². The standard InChI is InChI=1S/C27H34FN5O3S/c1-17-23-25(32-21-9-8-18(28)14-22(21)36-20-7-4-6-19(34)15-20)30-16-31-27(23)37-24(17)26(35)29-10-5-13-33-11-2-3-12-33/h8-9,14,16,19-20,34H,2-7,10-13,15H2,1H3,(H,29,35)(H,30,31,32)/t19-,20-/m1/s1. The normalized spacial score (nSPS) is 20.3. The van der Waals surface area contributed by atoms with Crippen LogP contribution in [0.4, 0.5) is 15.9 Å². The van der Waals surface area contributed by atoms with Crippen molar-refractivity contribution >= 4 is 39.0 Å². The van der Waals surface area contributed by atoms with Crippen LogP contribution in [0.15, 0.2) is 24.5 Å². The number of nitrogens with one attached hydrogen (secondary N) is 2. The second-order valence-corrected chi connectivity index (χ2v) is 10.9. The molecule has 5 rings (SSSR count). The average Bonchev–Trinajstić information content (AvgIpc) is 3.52. The molecule has 37 heavy (non-hydrogen) atoms. The summed E-state index contributed by atoms with van der Waals surface area (Å²) in [5.41, 5.74) is 1.38. The van der Waals surface area contributed by atoms with E-state index in [2.05, 4.69) is 25.5 Å². The highest BCUT2D eigenvalue weighted by molar-refractivity contribution is 7.20. The van der Waals surface area contributed by atoms with Crippen LogP contribution < -0.4 is 15.4 Å². The van der Waals surface area contributed by atoms with E-state index in [-0.39, 0.29) is 12.0 Å². The molecular formula is C27H34FN5O3S. The maximum absolute atomic E-state index is 14.1. The van der Waals surface area contributed by atoms with Gasteiger partial charge in [0.1, 0.15) is 34.6 Å². The monoisotopic (exact) mass is 527 g/mol. The number of carbonyl (C=O) groups excluding carboxylic acids is 1. The zero-order valence-electron chi connectivity index (χ0n) is 21.1. The van der Waals surface area contributed by atoms with Crippen molar-refractivity contribution in [3.05, 3.63) is 40.8 Å². The van der Waals surface area contributed by atoms with Crippen LogP contribution in [0.2, 0.25) is 0 Å². The average molecular weight is 528 g/mol. The number of carbonyl (C=O) groups is 1. The molecule has 1 saturated carbocycles. The zero-order valence-corrected chi connectivity index (χ0v) is 22.0. The molecule has 198 valence electrons. The van der Waals surface area contributed by atoms with Crippen molar-refractivity contribution in [3.8, 4) is 5.75 Å². The molecule has 0 radical (unpaired) electrons. The number of aliphatic hydroxyl groups is 1. The van der Waals surface area contributed by atoms with E-state index < -0.39 is 11.9 Å². The van der Waals surface area contributed by atoms with E-state index in [9.17, 15) is 14.3 Å². The third-order valence-corrected chi connectivity index (χ3v) is 8.36. The maximum atomic E-state index is 14.1. The van der Waals surface area contributed by atoms with Crippen molar-refractivity contribution in [1.82, 2.24) is 20.2 Å². The molecule has 1 saturated heterocycles. The number of aryl methyl sites for hydroxylation is 1. The molecule has 2 aliphatic rings. The molecule has 0 spiro atoms. The first kappa shape index (κ1) is 25.8. The van der Waals surface area contributed by atoms with Crippen molar-refractivity contribution in [3.63, 3.8) is 0 Å². The number of rotatable bonds is 9. The molecule has 10 heteroatoms. The number of halogens is 1. The van der Waals surface area contributed by atoms with Gasteiger partial charge in [0.05, 0.1) is 22.1 Å². The van der Waals surface area contributed by atoms with Gasteiger partial charge in [-0.1, -0.05) is 0 Å². The Morgan fingerprint density at radius 3 is 2.89 bits per heavy atom. The van der Waals surface area contributed by atoms with Crippen LogP contribution in [0.1, 0.15) is 60.2 Å². The first-order valence-corrected chi connectivity index (χ1v) is 14.0. The van der Waals surface area contributed by atoms with E-state index in [1.54, 1.807) is 6.07 Å². The highest BCUT2D eigenvalue weighted by atomic mass is 32.1. The third kappa shape index (κ3) is 6.19. The Labute approximate surface area is 220 Å². The van der Waals surface area contributed by atoms with Gasteiger partial charge in [-0.05, 0) is 82.8 Å². The number of ether oxygens (including phenoxy) is 1. The van der Waals surface area contributed by atoms with E-state index in [1.807, 2.05) is 6.92 Å². The fraction of sp³-hybridized carbons (Fsp3) is 0.519. The number of benzene rings is 1. The molecule has 3 aromatic rings. The first-order valence-electron chi connectivity index (χ1n) is 13.1. The lowest BCUT2D eigenvalue weighted by Crippen LogP contribution is -2.28. The summed E-state index contributed by atoms with van der Waals surface area (Å²) in [6.45, 7) is 5.85. The molecular weight excluding hydrogens is 493 g/mol. The van der Waals surface area contributed by atoms with Crippen LogP contribution in [-0.4, -0.2) is 64.3 Å². The van der Waals surface area contributed by atoms with Crippen LogP contribution in [0.3, 0.4) is 0 Å². The second kappa shape index (κ2) is 11.7. The van der Waals surface area contributed by atoms with Crippen molar-refractivity contribution < 1.29 is 19.0 Å². The summed E-state index contributed by atoms with van der Waals surface area (Å²) in [5.74, 6) is 0.399. The Hall–Kier alpha value is -2.82. The van der Waals surface area contributed by atoms with E-state index in [4.69, 9.17) is 4.74 Å². The molecule has 0 bridgehead atoms. The summed E-state index contributed by atoms with van der Waals surface area (Å²) >= 11 is 1.34. The fourth-order valence-corrected chi connectivity index (χ4v) is 6.27. The van der Waals surface area contributed by atoms with E-state index in [0.29, 0.717) is 39.9 Å². The Morgan fingerprint density at radius 1 is 1.24 bits per heavy atom. The Kier molecular flexibility index (Phi) is 8.17. The number of nitrogens with zero attached hydrogens (tertiary/aromatic N) is 3. The topological polar surface area (TPSA) is 99.6 Å². The summed E-state index contributed by atoms with van der Waals surface area (Å²) in [7, 11) is 0. The van der Waals surface area contributed by atoms with Gasteiger partial charge in [0, 0.05) is 19.0 Å². The summed E-state index contributed by atoms with van der Waals surface area (Å²) in [6.07, 6.45) is 7.29. The number of likely N-dealkylation sites (tertiary alicyclic amines) is 1. The Morgan fingerprint density at radius 2 is 2.08 bits per heavy atom. The second-order valence-electron chi connectivity index (χ2n) is 9.94. The molecule has 3 N–H and O–H groups in total. The van der Waals surface area contributed by atoms with Gasteiger partial charge < -0.3 is 25.4 Å². The van der Waals surface area contributed by atoms with Crippen molar-refractivity contribution in [2.24, 2.45) is 0 Å². The van der Waals surface area contributed by atoms with Crippen LogP contribution in [0.25, 0.3) is 10.2 Å². The smallest absolute Gasteiger partial charge is 0.261 e. The molecule has 3 heterocycles. The third-order valence-electron chi connectivity index (χ3n) is 7.16. The molecule has 1 amide bonds. The lowest BCUT2D eigenvalue weighted by molar-refractivity contribution is 0.0538. The summed E-state index contributed by atoms with van der Waals surface area (Å²) < 4.78 is 20.2. The van der Waals surface area contributed by atoms with Crippen LogP contribution >= 0.6 is 11.3 Å². The van der Waals surface area contributed by atoms with E-state index in [0.717, 1.165) is 56.3 Å². The van der Waals surface area contributed by atoms with Gasteiger partial charge in [-0.15, -0.1) is 11.3 Å². The van der Waals surface area contributed by atoms with Gasteiger partial charge in [0.25, 0.3) is 5.91 Å². The summed E-state index contributed by atoms with van der Waals surface area (Å²) in [6, 6.07) is 4.33. The lowest BCUT2D eigenvalue weighted by atomic mass is 9.95. The van der Waals surface area contributed by atoms with Crippen LogP contribution in [0, 0.1) is 12.7 Å². The van der Waals surface area contributed by atoms with Crippen molar-refractivity contribution in [2.45, 2.75) is 64.1 Å². The molecule has 0 unspecified atom stereocenters. The number of aromatic nitrogens is 2. The number of amides is 1. The van der Waals surface area contributed by atoms with Gasteiger partial charge in [-0.2, -0.15) is 0 Å². The number of anilines is 2. The minimum atomic E-state index is -0.403. The van der Waals surface area contributed by atoms with Crippen molar-refractivity contribution in [2.75, 3.05) is 31.5 Å². The number of aliphatic hydroxyl groups excluding tert-OH is 1. The SMILES string of the molecule is Cc1c(C(=O)NCCCN2CCCC2)sc2ncnc(Nc3ccc(F)cc3O[C@@H]3CCC[C@@H](O)C3)c12. The van der Waals surface area contributed by atoms with Gasteiger partial charge in [0.15, 0.2) is 0 Å². The molecule has 1 aliphatic carbocycles. The molecule has 2 fully saturated rings. The molecule has 8 nitrogen and oxygen atoms in total. The van der Waals surface area contributed by atoms with Gasteiger partial charge in [-0.25, -0.2) is 14.4 Å². The number of hydrogen-bond acceptors (Lipinski definition) is 8. The summed E-state index contributed by atoms with van der Waals surface area (Å²) in [4.78, 5) is 25.6. The Bertz CT molecular complexity index is 1250. The van der Waals surface area contributed by atoms with E-state index in [1.165, 1.54) is 42.6 Å². The van der Waals surface area contributed by atoms with E-state index >= 15 is 0 Å². The number of hydrogen-bond donors (Lipinski definition) is 3. The van der Waals surface area contributed by atoms with Gasteiger partial charge >= 0.3 is 0 Å². The largest absolute Gasteiger partial charge is 0.488 e. The minimum Gasteiger partial charge on any atom is -0.488 e. The molecule has 2 atom stereocenters. The predicted octanol–water partition coefficient (Wildman–Crippen LogP) is 4.78. The fourth-order valence-electron chi connectivity index (χ4n) is 5.21. The van der Waals surface area contributed by atoms with Gasteiger partial charge in [0.2, 0.25) is 0 Å². The predicted molar refractivity (Wildman–Crippen MR) is 143 cm³/mol. The molecule has 1 aliphatic heterocycles. The van der Waals surface area contributed by atoms with Crippen LogP contribution in [-0.2, 0) is 0 Å². The highest BCUT2D eigenvalue weighted by Gasteiger charge is 2.24. The Balaban J connectivity index is 1.31. The quantitative estimate of drug-likeness (QED) is 0.345. The number of thiophene rings is 1. The molecule has 1 aromatic carbocycles. The zero-order chi connectivity index (χ0) is 25.8. The van der Waals surface area contributed by atoms with Gasteiger partial charge in [-0.3, -0.25) is 4.79 Å². The molecule has 2 aromatic heterocycles. The lowest BCUT2D eigenvalue weighted by Gasteiger charge is -2.27. The highest BCUT2D eigenvalue weighted by Crippen LogP contribution is 2.37. The maximum Gasteiger partial charge on any atom is 0.261 e.